The van der Waals surface area contributed by atoms with Gasteiger partial charge in [0.2, 0.25) is 0 Å². The van der Waals surface area contributed by atoms with Crippen LogP contribution in [0.4, 0.5) is 0 Å². The number of likely N-dealkylation sites (tertiary alicyclic amines) is 1. The Hall–Kier alpha value is -0.980. The van der Waals surface area contributed by atoms with Gasteiger partial charge in [-0.05, 0) is 45.7 Å². The van der Waals surface area contributed by atoms with Gasteiger partial charge in [-0.2, -0.15) is 0 Å². The summed E-state index contributed by atoms with van der Waals surface area (Å²) in [5, 5.41) is 11.0. The highest BCUT2D eigenvalue weighted by atomic mass is 32.1. The number of thiazole rings is 1. The lowest BCUT2D eigenvalue weighted by molar-refractivity contribution is -0.154. The van der Waals surface area contributed by atoms with Crippen LogP contribution >= 0.6 is 11.3 Å². The molecule has 1 fully saturated rings. The number of piperidine rings is 1. The van der Waals surface area contributed by atoms with Crippen molar-refractivity contribution >= 4 is 17.3 Å². The summed E-state index contributed by atoms with van der Waals surface area (Å²) in [5.74, 6) is -0.500. The molecule has 0 amide bonds. The van der Waals surface area contributed by atoms with Gasteiger partial charge in [-0.3, -0.25) is 4.90 Å². The van der Waals surface area contributed by atoms with Crippen molar-refractivity contribution in [1.29, 1.82) is 0 Å². The molecule has 0 bridgehead atoms. The molecule has 1 unspecified atom stereocenters. The Morgan fingerprint density at radius 2 is 2.15 bits per heavy atom. The van der Waals surface area contributed by atoms with Gasteiger partial charge in [0.15, 0.2) is 6.10 Å². The van der Waals surface area contributed by atoms with Crippen LogP contribution in [0, 0.1) is 19.8 Å². The van der Waals surface area contributed by atoms with Crippen LogP contribution in [-0.4, -0.2) is 47.3 Å². The van der Waals surface area contributed by atoms with Crippen LogP contribution in [0.1, 0.15) is 28.4 Å². The molecule has 0 aromatic carbocycles. The first kappa shape index (κ1) is 15.4. The molecule has 112 valence electrons. The van der Waals surface area contributed by atoms with E-state index >= 15 is 0 Å². The lowest BCUT2D eigenvalue weighted by Gasteiger charge is -2.33. The largest absolute Gasteiger partial charge is 0.467 e. The molecule has 20 heavy (non-hydrogen) atoms. The Balaban J connectivity index is 1.85. The van der Waals surface area contributed by atoms with E-state index in [9.17, 15) is 9.90 Å². The SMILES string of the molecule is COC(=O)C(O)C1CCN(Cc2sc(C)nc2C)CC1. The summed E-state index contributed by atoms with van der Waals surface area (Å²) < 4.78 is 4.60. The molecule has 0 radical (unpaired) electrons. The molecule has 2 rings (SSSR count). The van der Waals surface area contributed by atoms with Gasteiger partial charge >= 0.3 is 5.97 Å². The fraction of sp³-hybridized carbons (Fsp3) is 0.714. The van der Waals surface area contributed by atoms with E-state index < -0.39 is 12.1 Å². The Bertz CT molecular complexity index is 467. The van der Waals surface area contributed by atoms with Gasteiger partial charge in [0.05, 0.1) is 17.8 Å². The summed E-state index contributed by atoms with van der Waals surface area (Å²) in [5.41, 5.74) is 1.12. The lowest BCUT2D eigenvalue weighted by Crippen LogP contribution is -2.40. The molecule has 2 heterocycles. The van der Waals surface area contributed by atoms with Gasteiger partial charge in [-0.1, -0.05) is 0 Å². The van der Waals surface area contributed by atoms with Gasteiger partial charge in [-0.25, -0.2) is 9.78 Å². The number of carbonyl (C=O) groups is 1. The van der Waals surface area contributed by atoms with Crippen LogP contribution in [0.25, 0.3) is 0 Å². The minimum atomic E-state index is -0.977. The molecular formula is C14H22N2O3S. The number of esters is 1. The van der Waals surface area contributed by atoms with Crippen LogP contribution in [-0.2, 0) is 16.1 Å². The van der Waals surface area contributed by atoms with Crippen molar-refractivity contribution < 1.29 is 14.6 Å². The quantitative estimate of drug-likeness (QED) is 0.854. The Morgan fingerprint density at radius 1 is 1.50 bits per heavy atom. The summed E-state index contributed by atoms with van der Waals surface area (Å²) >= 11 is 1.75. The molecular weight excluding hydrogens is 276 g/mol. The predicted octanol–water partition coefficient (Wildman–Crippen LogP) is 1.51. The minimum absolute atomic E-state index is 0.0167. The third-order valence-electron chi connectivity index (χ3n) is 3.89. The fourth-order valence-electron chi connectivity index (χ4n) is 2.66. The molecule has 6 heteroatoms. The van der Waals surface area contributed by atoms with Gasteiger partial charge < -0.3 is 9.84 Å². The van der Waals surface area contributed by atoms with Crippen molar-refractivity contribution in [2.75, 3.05) is 20.2 Å². The second kappa shape index (κ2) is 6.65. The summed E-state index contributed by atoms with van der Waals surface area (Å²) in [6.45, 7) is 6.79. The summed E-state index contributed by atoms with van der Waals surface area (Å²) in [6, 6.07) is 0. The van der Waals surface area contributed by atoms with E-state index in [-0.39, 0.29) is 5.92 Å². The van der Waals surface area contributed by atoms with Gasteiger partial charge in [0.1, 0.15) is 0 Å². The molecule has 1 N–H and O–H groups in total. The number of methoxy groups -OCH3 is 1. The van der Waals surface area contributed by atoms with Crippen LogP contribution in [0.15, 0.2) is 0 Å². The number of carbonyl (C=O) groups excluding carboxylic acids is 1. The molecule has 1 aromatic rings. The third-order valence-corrected chi connectivity index (χ3v) is 4.95. The molecule has 1 aromatic heterocycles. The van der Waals surface area contributed by atoms with Crippen molar-refractivity contribution in [2.24, 2.45) is 5.92 Å². The highest BCUT2D eigenvalue weighted by Crippen LogP contribution is 2.25. The van der Waals surface area contributed by atoms with E-state index in [1.54, 1.807) is 11.3 Å². The number of rotatable bonds is 4. The number of nitrogens with zero attached hydrogens (tertiary/aromatic N) is 2. The average Bonchev–Trinajstić information content (AvgIpc) is 2.76. The maximum Gasteiger partial charge on any atom is 0.334 e. The number of aryl methyl sites for hydroxylation is 2. The second-order valence-electron chi connectivity index (χ2n) is 5.32. The maximum absolute atomic E-state index is 11.3. The fourth-order valence-corrected chi connectivity index (χ4v) is 3.64. The van der Waals surface area contributed by atoms with Crippen molar-refractivity contribution in [3.8, 4) is 0 Å². The normalized spacial score (nSPS) is 19.0. The van der Waals surface area contributed by atoms with Crippen molar-refractivity contribution in [3.05, 3.63) is 15.6 Å². The zero-order chi connectivity index (χ0) is 14.7. The zero-order valence-corrected chi connectivity index (χ0v) is 13.1. The number of aromatic nitrogens is 1. The maximum atomic E-state index is 11.3. The average molecular weight is 298 g/mol. The summed E-state index contributed by atoms with van der Waals surface area (Å²) in [4.78, 5) is 19.5. The van der Waals surface area contributed by atoms with E-state index in [4.69, 9.17) is 0 Å². The Morgan fingerprint density at radius 3 is 2.65 bits per heavy atom. The van der Waals surface area contributed by atoms with Crippen molar-refractivity contribution in [1.82, 2.24) is 9.88 Å². The number of hydrogen-bond donors (Lipinski definition) is 1. The number of ether oxygens (including phenoxy) is 1. The molecule has 0 saturated carbocycles. The van der Waals surface area contributed by atoms with Gasteiger partial charge in [0.25, 0.3) is 0 Å². The molecule has 1 aliphatic rings. The van der Waals surface area contributed by atoms with E-state index in [1.165, 1.54) is 12.0 Å². The number of aliphatic hydroxyl groups is 1. The van der Waals surface area contributed by atoms with Crippen LogP contribution in [0.3, 0.4) is 0 Å². The molecule has 0 aliphatic carbocycles. The smallest absolute Gasteiger partial charge is 0.334 e. The monoisotopic (exact) mass is 298 g/mol. The number of aliphatic hydroxyl groups excluding tert-OH is 1. The third kappa shape index (κ3) is 3.56. The van der Waals surface area contributed by atoms with Crippen LogP contribution < -0.4 is 0 Å². The first-order valence-corrected chi connectivity index (χ1v) is 7.74. The molecule has 1 aliphatic heterocycles. The van der Waals surface area contributed by atoms with Crippen LogP contribution in [0.2, 0.25) is 0 Å². The van der Waals surface area contributed by atoms with Crippen LogP contribution in [0.5, 0.6) is 0 Å². The first-order valence-electron chi connectivity index (χ1n) is 6.92. The Kier molecular flexibility index (Phi) is 5.12. The Labute approximate surface area is 123 Å². The predicted molar refractivity (Wildman–Crippen MR) is 77.6 cm³/mol. The highest BCUT2D eigenvalue weighted by molar-refractivity contribution is 7.11. The van der Waals surface area contributed by atoms with Gasteiger partial charge in [-0.15, -0.1) is 11.3 Å². The minimum Gasteiger partial charge on any atom is -0.467 e. The van der Waals surface area contributed by atoms with E-state index in [0.29, 0.717) is 0 Å². The van der Waals surface area contributed by atoms with E-state index in [0.717, 1.165) is 43.2 Å². The first-order chi connectivity index (χ1) is 9.51. The van der Waals surface area contributed by atoms with Gasteiger partial charge in [0, 0.05) is 11.4 Å². The number of hydrogen-bond acceptors (Lipinski definition) is 6. The molecule has 1 atom stereocenters. The molecule has 0 spiro atoms. The lowest BCUT2D eigenvalue weighted by atomic mass is 9.91. The standard InChI is InChI=1S/C14H22N2O3S/c1-9-12(20-10(2)15-9)8-16-6-4-11(5-7-16)13(17)14(18)19-3/h11,13,17H,4-8H2,1-3H3. The zero-order valence-electron chi connectivity index (χ0n) is 12.3. The second-order valence-corrected chi connectivity index (χ2v) is 6.61. The highest BCUT2D eigenvalue weighted by Gasteiger charge is 2.30. The van der Waals surface area contributed by atoms with E-state index in [2.05, 4.69) is 14.6 Å². The topological polar surface area (TPSA) is 62.7 Å². The summed E-state index contributed by atoms with van der Waals surface area (Å²) in [7, 11) is 1.32. The molecule has 5 nitrogen and oxygen atoms in total. The molecule has 1 saturated heterocycles. The van der Waals surface area contributed by atoms with Crippen molar-refractivity contribution in [2.45, 2.75) is 39.3 Å². The van der Waals surface area contributed by atoms with E-state index in [1.807, 2.05) is 13.8 Å². The van der Waals surface area contributed by atoms with Crippen molar-refractivity contribution in [3.63, 3.8) is 0 Å². The summed E-state index contributed by atoms with van der Waals surface area (Å²) in [6.07, 6.45) is 0.676.